The number of benzene rings is 2. The molecule has 2 nitrogen and oxygen atoms in total. The van der Waals surface area contributed by atoms with Crippen LogP contribution in [0.2, 0.25) is 10.0 Å². The molecule has 0 radical (unpaired) electrons. The van der Waals surface area contributed by atoms with E-state index in [4.69, 9.17) is 33.7 Å². The van der Waals surface area contributed by atoms with Gasteiger partial charge in [0.15, 0.2) is 0 Å². The zero-order valence-electron chi connectivity index (χ0n) is 11.8. The third kappa shape index (κ3) is 2.76. The van der Waals surface area contributed by atoms with Crippen molar-refractivity contribution in [1.82, 2.24) is 0 Å². The van der Waals surface area contributed by atoms with Crippen LogP contribution in [0.1, 0.15) is 17.5 Å². The molecular weight excluding hydrogens is 305 g/mol. The Balaban J connectivity index is 2.17. The molecule has 2 N–H and O–H groups in total. The molecule has 3 rings (SSSR count). The Morgan fingerprint density at radius 1 is 1.24 bits per heavy atom. The largest absolute Gasteiger partial charge is 0.488 e. The highest BCUT2D eigenvalue weighted by Crippen LogP contribution is 2.43. The molecule has 0 bridgehead atoms. The van der Waals surface area contributed by atoms with E-state index in [2.05, 4.69) is 6.07 Å². The number of para-hydroxylation sites is 1. The van der Waals surface area contributed by atoms with Crippen molar-refractivity contribution in [1.29, 1.82) is 0 Å². The highest BCUT2D eigenvalue weighted by molar-refractivity contribution is 6.39. The monoisotopic (exact) mass is 321 g/mol. The highest BCUT2D eigenvalue weighted by atomic mass is 35.5. The number of rotatable bonds is 2. The van der Waals surface area contributed by atoms with Crippen molar-refractivity contribution >= 4 is 23.2 Å². The molecule has 1 aliphatic rings. The molecule has 1 heterocycles. The fourth-order valence-electron chi connectivity index (χ4n) is 2.78. The van der Waals surface area contributed by atoms with Crippen LogP contribution in [-0.4, -0.2) is 12.6 Å². The van der Waals surface area contributed by atoms with Gasteiger partial charge in [-0.25, -0.2) is 0 Å². The Hall–Kier alpha value is -1.22. The molecular formula is C17H17Cl2NO. The van der Waals surface area contributed by atoms with E-state index in [9.17, 15) is 0 Å². The minimum Gasteiger partial charge on any atom is -0.488 e. The van der Waals surface area contributed by atoms with Gasteiger partial charge in [0.25, 0.3) is 0 Å². The van der Waals surface area contributed by atoms with Gasteiger partial charge >= 0.3 is 0 Å². The lowest BCUT2D eigenvalue weighted by Gasteiger charge is -2.27. The minimum absolute atomic E-state index is 0.0571. The van der Waals surface area contributed by atoms with E-state index in [0.717, 1.165) is 35.3 Å². The highest BCUT2D eigenvalue weighted by Gasteiger charge is 2.23. The van der Waals surface area contributed by atoms with Gasteiger partial charge < -0.3 is 10.5 Å². The van der Waals surface area contributed by atoms with Crippen molar-refractivity contribution in [2.75, 3.05) is 6.54 Å². The maximum Gasteiger partial charge on any atom is 0.130 e. The SMILES string of the molecule is Cc1cc(Cl)c(-c2cccc3c2O[C@@H](CN)CC3)c(Cl)c1. The van der Waals surface area contributed by atoms with Gasteiger partial charge in [-0.05, 0) is 43.0 Å². The number of hydrogen-bond acceptors (Lipinski definition) is 2. The molecule has 0 amide bonds. The predicted molar refractivity (Wildman–Crippen MR) is 88.4 cm³/mol. The number of halogens is 2. The van der Waals surface area contributed by atoms with Crippen LogP contribution < -0.4 is 10.5 Å². The first-order valence-electron chi connectivity index (χ1n) is 7.04. The van der Waals surface area contributed by atoms with Crippen molar-refractivity contribution in [3.05, 3.63) is 51.5 Å². The van der Waals surface area contributed by atoms with Crippen molar-refractivity contribution in [2.24, 2.45) is 5.73 Å². The summed E-state index contributed by atoms with van der Waals surface area (Å²) < 4.78 is 6.06. The van der Waals surface area contributed by atoms with Gasteiger partial charge in [0.2, 0.25) is 0 Å². The van der Waals surface area contributed by atoms with E-state index in [0.29, 0.717) is 16.6 Å². The zero-order valence-corrected chi connectivity index (χ0v) is 13.3. The molecule has 0 aromatic heterocycles. The van der Waals surface area contributed by atoms with Gasteiger partial charge in [-0.2, -0.15) is 0 Å². The Bertz CT molecular complexity index is 661. The zero-order chi connectivity index (χ0) is 15.0. The minimum atomic E-state index is 0.0571. The third-order valence-electron chi connectivity index (χ3n) is 3.84. The average molecular weight is 322 g/mol. The van der Waals surface area contributed by atoms with Gasteiger partial charge in [0.05, 0.1) is 10.0 Å². The van der Waals surface area contributed by atoms with Gasteiger partial charge in [-0.15, -0.1) is 0 Å². The second-order valence-corrected chi connectivity index (χ2v) is 6.23. The van der Waals surface area contributed by atoms with Crippen LogP contribution in [0.4, 0.5) is 0 Å². The predicted octanol–water partition coefficient (Wildman–Crippen LogP) is 4.62. The van der Waals surface area contributed by atoms with Gasteiger partial charge in [0.1, 0.15) is 11.9 Å². The fourth-order valence-corrected chi connectivity index (χ4v) is 3.58. The summed E-state index contributed by atoms with van der Waals surface area (Å²) in [6, 6.07) is 9.95. The molecule has 0 saturated heterocycles. The van der Waals surface area contributed by atoms with Crippen molar-refractivity contribution in [3.63, 3.8) is 0 Å². The van der Waals surface area contributed by atoms with E-state index in [1.807, 2.05) is 31.2 Å². The van der Waals surface area contributed by atoms with Crippen LogP contribution in [0.15, 0.2) is 30.3 Å². The van der Waals surface area contributed by atoms with Gasteiger partial charge in [-0.3, -0.25) is 0 Å². The summed E-state index contributed by atoms with van der Waals surface area (Å²) in [5.41, 5.74) is 9.75. The molecule has 0 spiro atoms. The van der Waals surface area contributed by atoms with Crippen LogP contribution in [0, 0.1) is 6.92 Å². The molecule has 2 aromatic rings. The van der Waals surface area contributed by atoms with Gasteiger partial charge in [0, 0.05) is 17.7 Å². The topological polar surface area (TPSA) is 35.2 Å². The summed E-state index contributed by atoms with van der Waals surface area (Å²) in [5.74, 6) is 0.867. The fraction of sp³-hybridized carbons (Fsp3) is 0.294. The summed E-state index contributed by atoms with van der Waals surface area (Å²) >= 11 is 12.8. The standard InChI is InChI=1S/C17H17Cl2NO/c1-10-7-14(18)16(15(19)8-10)13-4-2-3-11-5-6-12(9-20)21-17(11)13/h2-4,7-8,12H,5-6,9,20H2,1H3/t12-/m1/s1. The van der Waals surface area contributed by atoms with E-state index in [-0.39, 0.29) is 6.10 Å². The van der Waals surface area contributed by atoms with Crippen molar-refractivity contribution in [3.8, 4) is 16.9 Å². The molecule has 1 aliphatic heterocycles. The molecule has 4 heteroatoms. The number of hydrogen-bond donors (Lipinski definition) is 1. The molecule has 21 heavy (non-hydrogen) atoms. The van der Waals surface area contributed by atoms with Crippen LogP contribution in [0.3, 0.4) is 0 Å². The third-order valence-corrected chi connectivity index (χ3v) is 4.43. The second kappa shape index (κ2) is 5.88. The van der Waals surface area contributed by atoms with Crippen molar-refractivity contribution in [2.45, 2.75) is 25.9 Å². The first-order chi connectivity index (χ1) is 10.1. The lowest BCUT2D eigenvalue weighted by atomic mass is 9.95. The quantitative estimate of drug-likeness (QED) is 0.875. The molecule has 0 unspecified atom stereocenters. The summed E-state index contributed by atoms with van der Waals surface area (Å²) in [6.45, 7) is 2.49. The molecule has 0 aliphatic carbocycles. The first-order valence-corrected chi connectivity index (χ1v) is 7.80. The number of ether oxygens (including phenoxy) is 1. The van der Waals surface area contributed by atoms with Crippen LogP contribution in [-0.2, 0) is 6.42 Å². The Morgan fingerprint density at radius 2 is 1.95 bits per heavy atom. The Labute approximate surface area is 134 Å². The summed E-state index contributed by atoms with van der Waals surface area (Å²) in [7, 11) is 0. The molecule has 1 atom stereocenters. The lowest BCUT2D eigenvalue weighted by molar-refractivity contribution is 0.182. The summed E-state index contributed by atoms with van der Waals surface area (Å²) in [4.78, 5) is 0. The Kier molecular flexibility index (Phi) is 4.12. The van der Waals surface area contributed by atoms with E-state index >= 15 is 0 Å². The first kappa shape index (κ1) is 14.7. The molecule has 2 aromatic carbocycles. The molecule has 0 saturated carbocycles. The summed E-state index contributed by atoms with van der Waals surface area (Å²) in [6.07, 6.45) is 1.97. The number of fused-ring (bicyclic) bond motifs is 1. The van der Waals surface area contributed by atoms with E-state index < -0.39 is 0 Å². The van der Waals surface area contributed by atoms with Crippen LogP contribution >= 0.6 is 23.2 Å². The average Bonchev–Trinajstić information content (AvgIpc) is 2.46. The van der Waals surface area contributed by atoms with E-state index in [1.54, 1.807) is 0 Å². The number of aryl methyl sites for hydroxylation is 2. The molecule has 110 valence electrons. The summed E-state index contributed by atoms with van der Waals surface area (Å²) in [5, 5.41) is 1.29. The maximum absolute atomic E-state index is 6.42. The number of nitrogens with two attached hydrogens (primary N) is 1. The van der Waals surface area contributed by atoms with E-state index in [1.165, 1.54) is 5.56 Å². The van der Waals surface area contributed by atoms with Gasteiger partial charge in [-0.1, -0.05) is 41.4 Å². The maximum atomic E-state index is 6.42. The normalized spacial score (nSPS) is 17.2. The van der Waals surface area contributed by atoms with Crippen LogP contribution in [0.5, 0.6) is 5.75 Å². The smallest absolute Gasteiger partial charge is 0.130 e. The second-order valence-electron chi connectivity index (χ2n) is 5.41. The molecule has 0 fully saturated rings. The van der Waals surface area contributed by atoms with Crippen molar-refractivity contribution < 1.29 is 4.74 Å². The Morgan fingerprint density at radius 3 is 2.62 bits per heavy atom. The van der Waals surface area contributed by atoms with Crippen LogP contribution in [0.25, 0.3) is 11.1 Å². The lowest BCUT2D eigenvalue weighted by Crippen LogP contribution is -2.30.